The third-order valence-corrected chi connectivity index (χ3v) is 2.63. The number of hydrogen-bond donors (Lipinski definition) is 1. The van der Waals surface area contributed by atoms with E-state index < -0.39 is 0 Å². The van der Waals surface area contributed by atoms with E-state index in [4.69, 9.17) is 4.74 Å². The van der Waals surface area contributed by atoms with Gasteiger partial charge in [0.1, 0.15) is 6.61 Å². The molecular weight excluding hydrogens is 180 g/mol. The van der Waals surface area contributed by atoms with E-state index in [0.29, 0.717) is 18.9 Å². The average Bonchev–Trinajstić information content (AvgIpc) is 2.18. The number of rotatable bonds is 4. The standard InChI is InChI=1S/C11H18O3/c1-2-7-14-11(13)8-9-3-5-10(12)6-4-9/h2,9-10,12H,1,3-8H2. The average molecular weight is 198 g/mol. The molecule has 0 aliphatic heterocycles. The molecule has 1 rings (SSSR count). The predicted molar refractivity (Wildman–Crippen MR) is 53.7 cm³/mol. The Balaban J connectivity index is 2.17. The second kappa shape index (κ2) is 5.81. The summed E-state index contributed by atoms with van der Waals surface area (Å²) in [7, 11) is 0. The Labute approximate surface area is 84.8 Å². The third-order valence-electron chi connectivity index (χ3n) is 2.63. The largest absolute Gasteiger partial charge is 0.461 e. The maximum atomic E-state index is 11.2. The van der Waals surface area contributed by atoms with Crippen molar-refractivity contribution in [1.82, 2.24) is 0 Å². The van der Waals surface area contributed by atoms with Gasteiger partial charge in [0.15, 0.2) is 0 Å². The van der Waals surface area contributed by atoms with Crippen molar-refractivity contribution in [1.29, 1.82) is 0 Å². The maximum Gasteiger partial charge on any atom is 0.306 e. The Hall–Kier alpha value is -0.830. The highest BCUT2D eigenvalue weighted by Gasteiger charge is 2.21. The molecule has 1 aliphatic rings. The van der Waals surface area contributed by atoms with E-state index in [2.05, 4.69) is 6.58 Å². The number of carbonyl (C=O) groups excluding carboxylic acids is 1. The molecule has 0 saturated heterocycles. The molecule has 1 saturated carbocycles. The fraction of sp³-hybridized carbons (Fsp3) is 0.727. The first kappa shape index (κ1) is 11.2. The zero-order chi connectivity index (χ0) is 10.4. The normalized spacial score (nSPS) is 26.9. The third kappa shape index (κ3) is 3.92. The van der Waals surface area contributed by atoms with Crippen LogP contribution in [0.15, 0.2) is 12.7 Å². The summed E-state index contributed by atoms with van der Waals surface area (Å²) in [6, 6.07) is 0. The number of ether oxygens (including phenoxy) is 1. The van der Waals surface area contributed by atoms with Gasteiger partial charge in [0.2, 0.25) is 0 Å². The van der Waals surface area contributed by atoms with Crippen molar-refractivity contribution in [3.05, 3.63) is 12.7 Å². The maximum absolute atomic E-state index is 11.2. The summed E-state index contributed by atoms with van der Waals surface area (Å²) in [4.78, 5) is 11.2. The van der Waals surface area contributed by atoms with Gasteiger partial charge in [-0.05, 0) is 31.6 Å². The fourth-order valence-corrected chi connectivity index (χ4v) is 1.80. The van der Waals surface area contributed by atoms with Gasteiger partial charge >= 0.3 is 5.97 Å². The molecule has 0 amide bonds. The number of aliphatic hydroxyl groups is 1. The molecule has 80 valence electrons. The Bertz CT molecular complexity index is 193. The zero-order valence-corrected chi connectivity index (χ0v) is 8.45. The van der Waals surface area contributed by atoms with Crippen molar-refractivity contribution < 1.29 is 14.6 Å². The van der Waals surface area contributed by atoms with Crippen LogP contribution in [0.25, 0.3) is 0 Å². The van der Waals surface area contributed by atoms with Crippen LogP contribution in [-0.4, -0.2) is 23.8 Å². The van der Waals surface area contributed by atoms with Crippen LogP contribution in [0, 0.1) is 5.92 Å². The van der Waals surface area contributed by atoms with Gasteiger partial charge < -0.3 is 9.84 Å². The lowest BCUT2D eigenvalue weighted by atomic mass is 9.85. The zero-order valence-electron chi connectivity index (χ0n) is 8.45. The summed E-state index contributed by atoms with van der Waals surface area (Å²) in [5.41, 5.74) is 0. The van der Waals surface area contributed by atoms with Crippen LogP contribution in [0.1, 0.15) is 32.1 Å². The van der Waals surface area contributed by atoms with E-state index in [9.17, 15) is 9.90 Å². The van der Waals surface area contributed by atoms with Crippen LogP contribution < -0.4 is 0 Å². The van der Waals surface area contributed by atoms with Crippen molar-refractivity contribution in [2.75, 3.05) is 6.61 Å². The molecule has 0 unspecified atom stereocenters. The minimum absolute atomic E-state index is 0.147. The van der Waals surface area contributed by atoms with Crippen molar-refractivity contribution in [2.45, 2.75) is 38.2 Å². The van der Waals surface area contributed by atoms with Crippen molar-refractivity contribution in [2.24, 2.45) is 5.92 Å². The fourth-order valence-electron chi connectivity index (χ4n) is 1.80. The van der Waals surface area contributed by atoms with Crippen LogP contribution in [0.2, 0.25) is 0 Å². The van der Waals surface area contributed by atoms with E-state index in [-0.39, 0.29) is 12.1 Å². The first-order valence-corrected chi connectivity index (χ1v) is 5.17. The molecule has 3 nitrogen and oxygen atoms in total. The van der Waals surface area contributed by atoms with Crippen molar-refractivity contribution in [3.8, 4) is 0 Å². The van der Waals surface area contributed by atoms with E-state index in [1.165, 1.54) is 0 Å². The molecule has 0 aromatic carbocycles. The summed E-state index contributed by atoms with van der Waals surface area (Å²) >= 11 is 0. The Morgan fingerprint density at radius 3 is 2.64 bits per heavy atom. The van der Waals surface area contributed by atoms with Crippen molar-refractivity contribution in [3.63, 3.8) is 0 Å². The second-order valence-electron chi connectivity index (χ2n) is 3.85. The summed E-state index contributed by atoms with van der Waals surface area (Å²) in [6.45, 7) is 3.78. The summed E-state index contributed by atoms with van der Waals surface area (Å²) in [5, 5.41) is 9.27. The number of esters is 1. The molecule has 1 N–H and O–H groups in total. The molecule has 1 aliphatic carbocycles. The Morgan fingerprint density at radius 1 is 1.43 bits per heavy atom. The molecule has 0 bridgehead atoms. The summed E-state index contributed by atoms with van der Waals surface area (Å²) in [6.07, 6.45) is 5.41. The smallest absolute Gasteiger partial charge is 0.306 e. The lowest BCUT2D eigenvalue weighted by Gasteiger charge is -2.24. The first-order valence-electron chi connectivity index (χ1n) is 5.17. The SMILES string of the molecule is C=CCOC(=O)CC1CCC(O)CC1. The molecule has 0 radical (unpaired) electrons. The summed E-state index contributed by atoms with van der Waals surface area (Å²) < 4.78 is 4.90. The van der Waals surface area contributed by atoms with Crippen LogP contribution >= 0.6 is 0 Å². The van der Waals surface area contributed by atoms with Gasteiger partial charge in [-0.1, -0.05) is 12.7 Å². The highest BCUT2D eigenvalue weighted by atomic mass is 16.5. The molecule has 3 heteroatoms. The summed E-state index contributed by atoms with van der Waals surface area (Å²) in [5.74, 6) is 0.252. The van der Waals surface area contributed by atoms with E-state index in [1.54, 1.807) is 6.08 Å². The second-order valence-corrected chi connectivity index (χ2v) is 3.85. The molecule has 0 aromatic heterocycles. The lowest BCUT2D eigenvalue weighted by molar-refractivity contribution is -0.143. The van der Waals surface area contributed by atoms with Crippen LogP contribution in [-0.2, 0) is 9.53 Å². The van der Waals surface area contributed by atoms with E-state index in [0.717, 1.165) is 25.7 Å². The molecule has 0 spiro atoms. The highest BCUT2D eigenvalue weighted by molar-refractivity contribution is 5.69. The monoisotopic (exact) mass is 198 g/mol. The molecule has 1 fully saturated rings. The van der Waals surface area contributed by atoms with Crippen LogP contribution in [0.3, 0.4) is 0 Å². The van der Waals surface area contributed by atoms with Gasteiger partial charge in [0.05, 0.1) is 6.10 Å². The van der Waals surface area contributed by atoms with Crippen LogP contribution in [0.4, 0.5) is 0 Å². The Morgan fingerprint density at radius 2 is 2.07 bits per heavy atom. The van der Waals surface area contributed by atoms with Gasteiger partial charge in [-0.2, -0.15) is 0 Å². The number of aliphatic hydroxyl groups excluding tert-OH is 1. The van der Waals surface area contributed by atoms with E-state index >= 15 is 0 Å². The van der Waals surface area contributed by atoms with Gasteiger partial charge in [0.25, 0.3) is 0 Å². The number of hydrogen-bond acceptors (Lipinski definition) is 3. The molecule has 0 heterocycles. The molecule has 0 atom stereocenters. The highest BCUT2D eigenvalue weighted by Crippen LogP contribution is 2.26. The Kier molecular flexibility index (Phi) is 4.66. The van der Waals surface area contributed by atoms with Crippen molar-refractivity contribution >= 4 is 5.97 Å². The quantitative estimate of drug-likeness (QED) is 0.552. The van der Waals surface area contributed by atoms with Gasteiger partial charge in [-0.25, -0.2) is 0 Å². The molecular formula is C11H18O3. The van der Waals surface area contributed by atoms with Crippen LogP contribution in [0.5, 0.6) is 0 Å². The minimum Gasteiger partial charge on any atom is -0.461 e. The molecule has 0 aromatic rings. The first-order chi connectivity index (χ1) is 6.72. The van der Waals surface area contributed by atoms with Gasteiger partial charge in [0, 0.05) is 6.42 Å². The number of carbonyl (C=O) groups is 1. The molecule has 14 heavy (non-hydrogen) atoms. The van der Waals surface area contributed by atoms with Gasteiger partial charge in [-0.3, -0.25) is 4.79 Å². The topological polar surface area (TPSA) is 46.5 Å². The van der Waals surface area contributed by atoms with Gasteiger partial charge in [-0.15, -0.1) is 0 Å². The minimum atomic E-state index is -0.157. The predicted octanol–water partition coefficient (Wildman–Crippen LogP) is 1.66. The lowest BCUT2D eigenvalue weighted by Crippen LogP contribution is -2.21. The van der Waals surface area contributed by atoms with E-state index in [1.807, 2.05) is 0 Å².